The minimum absolute atomic E-state index is 0.0562. The number of carbonyl (C=O) groups excluding carboxylic acids is 1. The van der Waals surface area contributed by atoms with Gasteiger partial charge in [0.25, 0.3) is 0 Å². The van der Waals surface area contributed by atoms with E-state index in [1.807, 2.05) is 36.4 Å². The predicted molar refractivity (Wildman–Crippen MR) is 134 cm³/mol. The van der Waals surface area contributed by atoms with Crippen LogP contribution in [0.5, 0.6) is 5.75 Å². The molecule has 5 atom stereocenters. The number of benzene rings is 2. The fourth-order valence-corrected chi connectivity index (χ4v) is 7.86. The van der Waals surface area contributed by atoms with Crippen molar-refractivity contribution < 1.29 is 14.6 Å². The Kier molecular flexibility index (Phi) is 5.11. The molecule has 6 rings (SSSR count). The summed E-state index contributed by atoms with van der Waals surface area (Å²) in [6, 6.07) is 18.3. The van der Waals surface area contributed by atoms with Gasteiger partial charge in [-0.15, -0.1) is 0 Å². The first-order valence-electron chi connectivity index (χ1n) is 12.8. The fraction of sp³-hybridized carbons (Fsp3) is 0.452. The molecule has 176 valence electrons. The topological polar surface area (TPSA) is 46.5 Å². The van der Waals surface area contributed by atoms with Crippen LogP contribution in [0.15, 0.2) is 77.4 Å². The van der Waals surface area contributed by atoms with E-state index in [9.17, 15) is 9.90 Å². The molecule has 2 aromatic rings. The van der Waals surface area contributed by atoms with Gasteiger partial charge in [0.2, 0.25) is 0 Å². The van der Waals surface area contributed by atoms with Crippen LogP contribution in [0, 0.1) is 17.3 Å². The molecule has 1 unspecified atom stereocenters. The van der Waals surface area contributed by atoms with E-state index in [0.29, 0.717) is 11.8 Å². The van der Waals surface area contributed by atoms with Crippen LogP contribution in [0.4, 0.5) is 0 Å². The average molecular weight is 455 g/mol. The van der Waals surface area contributed by atoms with Crippen molar-refractivity contribution in [2.24, 2.45) is 17.3 Å². The summed E-state index contributed by atoms with van der Waals surface area (Å²) in [6.45, 7) is 2.33. The van der Waals surface area contributed by atoms with E-state index in [2.05, 4.69) is 31.2 Å². The first kappa shape index (κ1) is 21.9. The lowest BCUT2D eigenvalue weighted by atomic mass is 9.54. The Labute approximate surface area is 202 Å². The van der Waals surface area contributed by atoms with Crippen molar-refractivity contribution in [1.82, 2.24) is 0 Å². The van der Waals surface area contributed by atoms with Crippen LogP contribution in [0.3, 0.4) is 0 Å². The number of ketones is 1. The highest BCUT2D eigenvalue weighted by atomic mass is 16.5. The van der Waals surface area contributed by atoms with Gasteiger partial charge in [-0.3, -0.25) is 4.79 Å². The Morgan fingerprint density at radius 3 is 2.47 bits per heavy atom. The maximum atomic E-state index is 13.0. The number of allylic oxidation sites excluding steroid dienone is 4. The largest absolute Gasteiger partial charge is 0.497 e. The molecule has 4 aliphatic rings. The van der Waals surface area contributed by atoms with Crippen molar-refractivity contribution in [3.63, 3.8) is 0 Å². The average Bonchev–Trinajstić information content (AvgIpc) is 3.15. The molecule has 4 aliphatic carbocycles. The summed E-state index contributed by atoms with van der Waals surface area (Å²) in [5.74, 6) is 2.03. The molecule has 3 heteroatoms. The second kappa shape index (κ2) is 7.95. The van der Waals surface area contributed by atoms with Crippen molar-refractivity contribution in [3.05, 3.63) is 88.5 Å². The van der Waals surface area contributed by atoms with Crippen LogP contribution >= 0.6 is 0 Å². The fourth-order valence-electron chi connectivity index (χ4n) is 7.86. The Balaban J connectivity index is 1.35. The monoisotopic (exact) mass is 454 g/mol. The lowest BCUT2D eigenvalue weighted by molar-refractivity contribution is -0.116. The molecule has 0 spiro atoms. The normalized spacial score (nSPS) is 34.7. The van der Waals surface area contributed by atoms with Crippen molar-refractivity contribution in [2.75, 3.05) is 7.11 Å². The van der Waals surface area contributed by atoms with Crippen LogP contribution in [-0.2, 0) is 10.4 Å². The number of hydrogen-bond donors (Lipinski definition) is 1. The van der Waals surface area contributed by atoms with E-state index >= 15 is 0 Å². The van der Waals surface area contributed by atoms with Gasteiger partial charge in [-0.05, 0) is 97.3 Å². The SMILES string of the molecule is COc1ccc([C@]2(O)CC[C@H]3[C@@H]4CCC5=CC(=O)C(c6ccccc6)CC5=C4CC[C@@]32C)cc1. The van der Waals surface area contributed by atoms with Gasteiger partial charge in [0.05, 0.1) is 18.6 Å². The highest BCUT2D eigenvalue weighted by Crippen LogP contribution is 2.66. The van der Waals surface area contributed by atoms with Gasteiger partial charge >= 0.3 is 0 Å². The van der Waals surface area contributed by atoms with E-state index in [0.717, 1.165) is 61.8 Å². The third-order valence-electron chi connectivity index (χ3n) is 9.76. The second-order valence-electron chi connectivity index (χ2n) is 11.0. The van der Waals surface area contributed by atoms with Gasteiger partial charge in [-0.25, -0.2) is 0 Å². The van der Waals surface area contributed by atoms with Crippen molar-refractivity contribution >= 4 is 5.78 Å². The zero-order valence-corrected chi connectivity index (χ0v) is 20.2. The summed E-state index contributed by atoms with van der Waals surface area (Å²) in [5, 5.41) is 12.1. The van der Waals surface area contributed by atoms with Gasteiger partial charge in [0.1, 0.15) is 5.75 Å². The summed E-state index contributed by atoms with van der Waals surface area (Å²) < 4.78 is 5.35. The van der Waals surface area contributed by atoms with Crippen molar-refractivity contribution in [2.45, 2.75) is 63.4 Å². The molecule has 0 heterocycles. The molecule has 3 nitrogen and oxygen atoms in total. The van der Waals surface area contributed by atoms with Crippen LogP contribution < -0.4 is 4.74 Å². The summed E-state index contributed by atoms with van der Waals surface area (Å²) in [7, 11) is 1.68. The lowest BCUT2D eigenvalue weighted by Gasteiger charge is -2.52. The third-order valence-corrected chi connectivity index (χ3v) is 9.76. The number of hydrogen-bond acceptors (Lipinski definition) is 3. The molecule has 0 radical (unpaired) electrons. The Morgan fingerprint density at radius 2 is 1.74 bits per heavy atom. The molecule has 0 bridgehead atoms. The number of aliphatic hydroxyl groups is 1. The Morgan fingerprint density at radius 1 is 0.971 bits per heavy atom. The van der Waals surface area contributed by atoms with Gasteiger partial charge in [-0.1, -0.05) is 55.0 Å². The van der Waals surface area contributed by atoms with Crippen LogP contribution in [0.2, 0.25) is 0 Å². The number of ether oxygens (including phenoxy) is 1. The molecule has 2 aromatic carbocycles. The third kappa shape index (κ3) is 3.09. The van der Waals surface area contributed by atoms with Gasteiger partial charge < -0.3 is 9.84 Å². The standard InChI is InChI=1S/C31H34O3/c1-30-16-14-24-25(28(30)15-17-31(30,33)22-9-11-23(34-2)12-10-22)13-8-21-18-29(32)27(19-26(21)24)20-6-4-3-5-7-20/h3-7,9-12,18,25,27-28,33H,8,13-17,19H2,1-2H3/t25-,27?,28+,30+,31-/m1/s1. The smallest absolute Gasteiger partial charge is 0.163 e. The Bertz CT molecular complexity index is 1170. The number of fused-ring (bicyclic) bond motifs is 4. The summed E-state index contributed by atoms with van der Waals surface area (Å²) in [6.07, 6.45) is 8.78. The molecule has 0 amide bonds. The molecule has 34 heavy (non-hydrogen) atoms. The molecule has 2 fully saturated rings. The summed E-state index contributed by atoms with van der Waals surface area (Å²) in [4.78, 5) is 13.0. The van der Waals surface area contributed by atoms with Gasteiger partial charge in [0.15, 0.2) is 5.78 Å². The quantitative estimate of drug-likeness (QED) is 0.577. The lowest BCUT2D eigenvalue weighted by Crippen LogP contribution is -2.48. The molecule has 1 N–H and O–H groups in total. The van der Waals surface area contributed by atoms with Crippen LogP contribution in [-0.4, -0.2) is 18.0 Å². The number of rotatable bonds is 3. The molecular weight excluding hydrogens is 420 g/mol. The summed E-state index contributed by atoms with van der Waals surface area (Å²) in [5.41, 5.74) is 5.56. The van der Waals surface area contributed by atoms with Gasteiger partial charge in [0, 0.05) is 5.41 Å². The maximum Gasteiger partial charge on any atom is 0.163 e. The zero-order valence-electron chi connectivity index (χ0n) is 20.2. The number of methoxy groups -OCH3 is 1. The van der Waals surface area contributed by atoms with Gasteiger partial charge in [-0.2, -0.15) is 0 Å². The van der Waals surface area contributed by atoms with Crippen LogP contribution in [0.25, 0.3) is 0 Å². The molecule has 2 saturated carbocycles. The molecule has 0 aliphatic heterocycles. The summed E-state index contributed by atoms with van der Waals surface area (Å²) >= 11 is 0. The number of carbonyl (C=O) groups is 1. The minimum Gasteiger partial charge on any atom is -0.497 e. The Hall–Kier alpha value is -2.65. The zero-order chi connectivity index (χ0) is 23.5. The van der Waals surface area contributed by atoms with Crippen molar-refractivity contribution in [1.29, 1.82) is 0 Å². The minimum atomic E-state index is -0.800. The first-order chi connectivity index (χ1) is 16.4. The van der Waals surface area contributed by atoms with E-state index in [1.165, 1.54) is 11.1 Å². The van der Waals surface area contributed by atoms with Crippen LogP contribution in [0.1, 0.15) is 68.9 Å². The first-order valence-corrected chi connectivity index (χ1v) is 12.8. The predicted octanol–water partition coefficient (Wildman–Crippen LogP) is 6.48. The van der Waals surface area contributed by atoms with E-state index in [1.54, 1.807) is 12.7 Å². The highest BCUT2D eigenvalue weighted by molar-refractivity contribution is 5.98. The highest BCUT2D eigenvalue weighted by Gasteiger charge is 2.61. The van der Waals surface area contributed by atoms with Crippen molar-refractivity contribution in [3.8, 4) is 5.75 Å². The van der Waals surface area contributed by atoms with E-state index in [-0.39, 0.29) is 17.1 Å². The molecule has 0 saturated heterocycles. The maximum absolute atomic E-state index is 13.0. The molecule has 0 aromatic heterocycles. The van der Waals surface area contributed by atoms with E-state index < -0.39 is 5.60 Å². The van der Waals surface area contributed by atoms with E-state index in [4.69, 9.17) is 4.74 Å². The molecular formula is C31H34O3. The second-order valence-corrected chi connectivity index (χ2v) is 11.0.